The van der Waals surface area contributed by atoms with Gasteiger partial charge in [0.1, 0.15) is 0 Å². The van der Waals surface area contributed by atoms with E-state index < -0.39 is 0 Å². The summed E-state index contributed by atoms with van der Waals surface area (Å²) in [7, 11) is 1.50. The van der Waals surface area contributed by atoms with Gasteiger partial charge in [-0.1, -0.05) is 6.07 Å². The molecule has 0 bridgehead atoms. The van der Waals surface area contributed by atoms with Crippen LogP contribution >= 0.6 is 0 Å². The van der Waals surface area contributed by atoms with E-state index in [0.29, 0.717) is 6.79 Å². The smallest absolute Gasteiger partial charge is 0.231 e. The lowest BCUT2D eigenvalue weighted by Gasteiger charge is -1.94. The molecule has 0 aromatic heterocycles. The molecule has 0 atom stereocenters. The summed E-state index contributed by atoms with van der Waals surface area (Å²) >= 11 is 0. The van der Waals surface area contributed by atoms with Crippen LogP contribution in [0.1, 0.15) is 5.56 Å². The van der Waals surface area contributed by atoms with Gasteiger partial charge in [-0.3, -0.25) is 0 Å². The van der Waals surface area contributed by atoms with Crippen molar-refractivity contribution in [3.8, 4) is 11.5 Å². The number of benzene rings is 1. The van der Waals surface area contributed by atoms with Gasteiger partial charge in [-0.05, 0) is 31.7 Å². The van der Waals surface area contributed by atoms with Crippen LogP contribution in [0.15, 0.2) is 18.2 Å². The molecule has 3 heteroatoms. The number of hydrogen-bond donors (Lipinski definition) is 1. The molecule has 0 saturated heterocycles. The van der Waals surface area contributed by atoms with Crippen molar-refractivity contribution in [3.05, 3.63) is 23.8 Å². The minimum Gasteiger partial charge on any atom is -0.454 e. The van der Waals surface area contributed by atoms with E-state index in [1.54, 1.807) is 0 Å². The Hall–Kier alpha value is -1.22. The predicted octanol–water partition coefficient (Wildman–Crippen LogP) is 1.30. The van der Waals surface area contributed by atoms with Crippen LogP contribution < -0.4 is 15.2 Å². The predicted molar refractivity (Wildman–Crippen MR) is 47.4 cm³/mol. The van der Waals surface area contributed by atoms with Crippen molar-refractivity contribution in [1.29, 1.82) is 0 Å². The van der Waals surface area contributed by atoms with Crippen molar-refractivity contribution in [1.82, 2.24) is 0 Å². The minimum absolute atomic E-state index is 0.360. The Morgan fingerprint density at radius 1 is 1.17 bits per heavy atom. The first-order valence-electron chi connectivity index (χ1n) is 3.80. The number of rotatable bonds is 0. The van der Waals surface area contributed by atoms with E-state index in [9.17, 15) is 0 Å². The van der Waals surface area contributed by atoms with Crippen molar-refractivity contribution in [3.63, 3.8) is 0 Å². The van der Waals surface area contributed by atoms with Gasteiger partial charge in [0.25, 0.3) is 0 Å². The van der Waals surface area contributed by atoms with Crippen LogP contribution in [0, 0.1) is 6.92 Å². The molecule has 1 aromatic rings. The molecule has 2 rings (SSSR count). The molecule has 3 nitrogen and oxygen atoms in total. The molecule has 0 radical (unpaired) electrons. The molecule has 1 aromatic carbocycles. The van der Waals surface area contributed by atoms with E-state index in [-0.39, 0.29) is 0 Å². The molecule has 0 fully saturated rings. The first-order chi connectivity index (χ1) is 5.86. The Morgan fingerprint density at radius 3 is 2.58 bits per heavy atom. The van der Waals surface area contributed by atoms with E-state index in [4.69, 9.17) is 9.47 Å². The molecule has 0 saturated carbocycles. The Labute approximate surface area is 72.1 Å². The highest BCUT2D eigenvalue weighted by Gasteiger charge is 2.11. The quantitative estimate of drug-likeness (QED) is 0.633. The van der Waals surface area contributed by atoms with Crippen molar-refractivity contribution in [2.75, 3.05) is 13.8 Å². The van der Waals surface area contributed by atoms with E-state index in [0.717, 1.165) is 11.5 Å². The second-order valence-electron chi connectivity index (χ2n) is 2.36. The Bertz CT molecular complexity index is 261. The average molecular weight is 167 g/mol. The zero-order valence-corrected chi connectivity index (χ0v) is 7.33. The molecular weight excluding hydrogens is 154 g/mol. The molecule has 66 valence electrons. The van der Waals surface area contributed by atoms with Crippen molar-refractivity contribution < 1.29 is 9.47 Å². The summed E-state index contributed by atoms with van der Waals surface area (Å²) in [5.41, 5.74) is 5.70. The first-order valence-corrected chi connectivity index (χ1v) is 3.80. The molecule has 0 unspecified atom stereocenters. The SMILES string of the molecule is CN.Cc1ccc2c(c1)OCO2. The normalized spacial score (nSPS) is 11.9. The maximum atomic E-state index is 5.16. The monoisotopic (exact) mass is 167 g/mol. The molecule has 12 heavy (non-hydrogen) atoms. The standard InChI is InChI=1S/C8H8O2.CH5N/c1-6-2-3-7-8(4-6)10-5-9-7;1-2/h2-4H,5H2,1H3;2H2,1H3. The third-order valence-corrected chi connectivity index (χ3v) is 1.53. The van der Waals surface area contributed by atoms with Gasteiger partial charge in [0.05, 0.1) is 0 Å². The van der Waals surface area contributed by atoms with Gasteiger partial charge in [-0.25, -0.2) is 0 Å². The summed E-state index contributed by atoms with van der Waals surface area (Å²) in [4.78, 5) is 0. The number of nitrogens with two attached hydrogens (primary N) is 1. The van der Waals surface area contributed by atoms with Gasteiger partial charge in [0.15, 0.2) is 11.5 Å². The van der Waals surface area contributed by atoms with Gasteiger partial charge in [-0.2, -0.15) is 0 Å². The van der Waals surface area contributed by atoms with Crippen LogP contribution in [0.2, 0.25) is 0 Å². The van der Waals surface area contributed by atoms with Gasteiger partial charge in [0, 0.05) is 0 Å². The number of hydrogen-bond acceptors (Lipinski definition) is 3. The third-order valence-electron chi connectivity index (χ3n) is 1.53. The maximum Gasteiger partial charge on any atom is 0.231 e. The van der Waals surface area contributed by atoms with Crippen LogP contribution in [0.5, 0.6) is 11.5 Å². The van der Waals surface area contributed by atoms with Crippen molar-refractivity contribution in [2.24, 2.45) is 5.73 Å². The summed E-state index contributed by atoms with van der Waals surface area (Å²) in [5, 5.41) is 0. The summed E-state index contributed by atoms with van der Waals surface area (Å²) in [5.74, 6) is 1.71. The molecule has 1 aliphatic heterocycles. The highest BCUT2D eigenvalue weighted by Crippen LogP contribution is 2.31. The van der Waals surface area contributed by atoms with Gasteiger partial charge in [0.2, 0.25) is 6.79 Å². The first kappa shape index (κ1) is 8.87. The summed E-state index contributed by atoms with van der Waals surface area (Å²) in [6, 6.07) is 5.91. The third kappa shape index (κ3) is 1.68. The van der Waals surface area contributed by atoms with E-state index in [2.05, 4.69) is 5.73 Å². The Kier molecular flexibility index (Phi) is 2.94. The fourth-order valence-electron chi connectivity index (χ4n) is 1.00. The van der Waals surface area contributed by atoms with E-state index in [1.807, 2.05) is 25.1 Å². The largest absolute Gasteiger partial charge is 0.454 e. The molecule has 0 aliphatic carbocycles. The topological polar surface area (TPSA) is 44.5 Å². The number of ether oxygens (including phenoxy) is 2. The van der Waals surface area contributed by atoms with E-state index in [1.165, 1.54) is 12.6 Å². The Morgan fingerprint density at radius 2 is 1.83 bits per heavy atom. The zero-order chi connectivity index (χ0) is 8.97. The lowest BCUT2D eigenvalue weighted by molar-refractivity contribution is 0.174. The fourth-order valence-corrected chi connectivity index (χ4v) is 1.00. The van der Waals surface area contributed by atoms with Gasteiger partial charge in [-0.15, -0.1) is 0 Å². The number of fused-ring (bicyclic) bond motifs is 1. The van der Waals surface area contributed by atoms with Gasteiger partial charge >= 0.3 is 0 Å². The maximum absolute atomic E-state index is 5.16. The number of aryl methyl sites for hydroxylation is 1. The minimum atomic E-state index is 0.360. The molecule has 1 aliphatic rings. The molecular formula is C9H13NO2. The molecule has 0 spiro atoms. The Balaban J connectivity index is 0.000000336. The second kappa shape index (κ2) is 3.97. The molecule has 2 N–H and O–H groups in total. The average Bonchev–Trinajstić information content (AvgIpc) is 2.54. The van der Waals surface area contributed by atoms with E-state index >= 15 is 0 Å². The lowest BCUT2D eigenvalue weighted by atomic mass is 10.2. The lowest BCUT2D eigenvalue weighted by Crippen LogP contribution is -1.92. The summed E-state index contributed by atoms with van der Waals surface area (Å²) in [6.07, 6.45) is 0. The highest BCUT2D eigenvalue weighted by molar-refractivity contribution is 5.43. The van der Waals surface area contributed by atoms with Crippen LogP contribution in [-0.4, -0.2) is 13.8 Å². The van der Waals surface area contributed by atoms with Crippen molar-refractivity contribution >= 4 is 0 Å². The second-order valence-corrected chi connectivity index (χ2v) is 2.36. The summed E-state index contributed by atoms with van der Waals surface area (Å²) in [6.45, 7) is 2.39. The highest BCUT2D eigenvalue weighted by atomic mass is 16.7. The zero-order valence-electron chi connectivity index (χ0n) is 7.33. The van der Waals surface area contributed by atoms with Crippen LogP contribution in [-0.2, 0) is 0 Å². The fraction of sp³-hybridized carbons (Fsp3) is 0.333. The van der Waals surface area contributed by atoms with Gasteiger partial charge < -0.3 is 15.2 Å². The molecule has 0 amide bonds. The summed E-state index contributed by atoms with van der Waals surface area (Å²) < 4.78 is 10.3. The van der Waals surface area contributed by atoms with Crippen LogP contribution in [0.3, 0.4) is 0 Å². The molecule has 1 heterocycles. The van der Waals surface area contributed by atoms with Crippen molar-refractivity contribution in [2.45, 2.75) is 6.92 Å². The van der Waals surface area contributed by atoms with Crippen LogP contribution in [0.4, 0.5) is 0 Å². The van der Waals surface area contributed by atoms with Crippen LogP contribution in [0.25, 0.3) is 0 Å².